The summed E-state index contributed by atoms with van der Waals surface area (Å²) in [4.78, 5) is 11.8. The Labute approximate surface area is 107 Å². The van der Waals surface area contributed by atoms with Gasteiger partial charge in [0.2, 0.25) is 5.95 Å². The number of halogens is 1. The fraction of sp³-hybridized carbons (Fsp3) is 0.500. The Morgan fingerprint density at radius 1 is 1.26 bits per heavy atom. The molecule has 2 heterocycles. The molecule has 0 saturated heterocycles. The third-order valence-corrected chi connectivity index (χ3v) is 2.88. The minimum Gasteiger partial charge on any atom is -0.393 e. The van der Waals surface area contributed by atoms with Crippen LogP contribution in [0.4, 0.5) is 16.2 Å². The number of hydrogen-bond acceptors (Lipinski definition) is 7. The highest BCUT2D eigenvalue weighted by Gasteiger charge is 2.28. The van der Waals surface area contributed by atoms with Gasteiger partial charge in [-0.1, -0.05) is 0 Å². The minimum atomic E-state index is -2.04. The highest BCUT2D eigenvalue weighted by atomic mass is 19.1. The molecule has 0 aromatic carbocycles. The predicted octanol–water partition coefficient (Wildman–Crippen LogP) is -0.926. The lowest BCUT2D eigenvalue weighted by atomic mass is 10.0. The van der Waals surface area contributed by atoms with Gasteiger partial charge in [0.05, 0.1) is 19.5 Å². The number of anilines is 2. The van der Waals surface area contributed by atoms with E-state index in [4.69, 9.17) is 21.7 Å². The van der Waals surface area contributed by atoms with Crippen molar-refractivity contribution in [2.24, 2.45) is 0 Å². The number of rotatable bonds is 5. The van der Waals surface area contributed by atoms with Gasteiger partial charge in [0.25, 0.3) is 0 Å². The van der Waals surface area contributed by atoms with Crippen LogP contribution in [-0.4, -0.2) is 48.6 Å². The first-order valence-electron chi connectivity index (χ1n) is 5.63. The van der Waals surface area contributed by atoms with Crippen LogP contribution in [0.1, 0.15) is 6.42 Å². The molecule has 0 spiro atoms. The summed E-state index contributed by atoms with van der Waals surface area (Å²) in [5.74, 6) is 0.152. The van der Waals surface area contributed by atoms with Crippen LogP contribution in [0.15, 0.2) is 6.33 Å². The molecule has 104 valence electrons. The second kappa shape index (κ2) is 4.94. The molecule has 0 unspecified atom stereocenters. The first kappa shape index (κ1) is 13.4. The molecule has 2 aromatic rings. The van der Waals surface area contributed by atoms with Crippen molar-refractivity contribution < 1.29 is 14.6 Å². The van der Waals surface area contributed by atoms with Gasteiger partial charge in [-0.05, 0) is 0 Å². The molecular weight excluding hydrogens is 255 g/mol. The van der Waals surface area contributed by atoms with E-state index >= 15 is 0 Å². The number of aliphatic hydroxyl groups is 2. The van der Waals surface area contributed by atoms with Crippen LogP contribution in [0.5, 0.6) is 0 Å². The monoisotopic (exact) mass is 270 g/mol. The van der Waals surface area contributed by atoms with E-state index in [1.54, 1.807) is 4.57 Å². The van der Waals surface area contributed by atoms with Crippen molar-refractivity contribution in [3.63, 3.8) is 0 Å². The zero-order valence-corrected chi connectivity index (χ0v) is 10.1. The molecule has 0 atom stereocenters. The summed E-state index contributed by atoms with van der Waals surface area (Å²) in [7, 11) is 0. The first-order chi connectivity index (χ1) is 8.99. The molecule has 9 heteroatoms. The van der Waals surface area contributed by atoms with E-state index in [0.717, 1.165) is 0 Å². The number of alkyl halides is 1. The number of aliphatic hydroxyl groups excluding tert-OH is 2. The summed E-state index contributed by atoms with van der Waals surface area (Å²) in [5, 5.41) is 17.8. The zero-order chi connectivity index (χ0) is 14.0. The lowest BCUT2D eigenvalue weighted by molar-refractivity contribution is 0.00683. The van der Waals surface area contributed by atoms with Gasteiger partial charge in [-0.15, -0.1) is 0 Å². The Hall–Kier alpha value is -2.00. The summed E-state index contributed by atoms with van der Waals surface area (Å²) < 4.78 is 15.3. The molecule has 0 aliphatic heterocycles. The summed E-state index contributed by atoms with van der Waals surface area (Å²) in [6, 6.07) is 0. The van der Waals surface area contributed by atoms with E-state index in [0.29, 0.717) is 11.2 Å². The van der Waals surface area contributed by atoms with Gasteiger partial charge in [0.15, 0.2) is 17.1 Å². The van der Waals surface area contributed by atoms with Gasteiger partial charge >= 0.3 is 0 Å². The second-order valence-electron chi connectivity index (χ2n) is 4.29. The Kier molecular flexibility index (Phi) is 3.49. The molecule has 2 aromatic heterocycles. The van der Waals surface area contributed by atoms with Crippen LogP contribution in [0.25, 0.3) is 11.2 Å². The molecule has 0 amide bonds. The average Bonchev–Trinajstić information content (AvgIpc) is 2.79. The molecular formula is C10H15FN6O2. The van der Waals surface area contributed by atoms with E-state index in [1.165, 1.54) is 6.33 Å². The van der Waals surface area contributed by atoms with Crippen molar-refractivity contribution in [3.8, 4) is 0 Å². The number of nitrogens with zero attached hydrogens (tertiary/aromatic N) is 4. The van der Waals surface area contributed by atoms with E-state index in [9.17, 15) is 4.39 Å². The summed E-state index contributed by atoms with van der Waals surface area (Å²) in [5.41, 5.74) is 9.87. The second-order valence-corrected chi connectivity index (χ2v) is 4.29. The normalized spacial score (nSPS) is 12.2. The lowest BCUT2D eigenvalue weighted by Gasteiger charge is -2.20. The summed E-state index contributed by atoms with van der Waals surface area (Å²) in [6.45, 7) is -1.34. The fourth-order valence-electron chi connectivity index (χ4n) is 1.68. The quantitative estimate of drug-likeness (QED) is 0.551. The maximum absolute atomic E-state index is 13.8. The molecule has 8 nitrogen and oxygen atoms in total. The van der Waals surface area contributed by atoms with Crippen LogP contribution < -0.4 is 11.5 Å². The van der Waals surface area contributed by atoms with Crippen LogP contribution in [-0.2, 0) is 6.54 Å². The van der Waals surface area contributed by atoms with E-state index < -0.39 is 18.9 Å². The molecule has 0 saturated carbocycles. The van der Waals surface area contributed by atoms with Crippen molar-refractivity contribution in [3.05, 3.63) is 6.33 Å². The maximum atomic E-state index is 13.8. The van der Waals surface area contributed by atoms with Gasteiger partial charge in [-0.2, -0.15) is 9.97 Å². The highest BCUT2D eigenvalue weighted by Crippen LogP contribution is 2.20. The number of hydrogen-bond donors (Lipinski definition) is 4. The van der Waals surface area contributed by atoms with E-state index in [1.807, 2.05) is 0 Å². The predicted molar refractivity (Wildman–Crippen MR) is 66.8 cm³/mol. The smallest absolute Gasteiger partial charge is 0.224 e. The molecule has 0 aliphatic rings. The SMILES string of the molecule is Nc1nc(N)c2ncn(CCC(F)(CO)CO)c2n1. The van der Waals surface area contributed by atoms with Gasteiger partial charge < -0.3 is 26.2 Å². The van der Waals surface area contributed by atoms with Crippen LogP contribution >= 0.6 is 0 Å². The van der Waals surface area contributed by atoms with Gasteiger partial charge in [-0.25, -0.2) is 9.37 Å². The van der Waals surface area contributed by atoms with Crippen molar-refractivity contribution in [2.75, 3.05) is 24.7 Å². The average molecular weight is 270 g/mol. The van der Waals surface area contributed by atoms with E-state index in [2.05, 4.69) is 15.0 Å². The van der Waals surface area contributed by atoms with Crippen molar-refractivity contribution in [1.29, 1.82) is 0 Å². The van der Waals surface area contributed by atoms with Crippen LogP contribution in [0, 0.1) is 0 Å². The number of nitrogens with two attached hydrogens (primary N) is 2. The first-order valence-corrected chi connectivity index (χ1v) is 5.63. The Balaban J connectivity index is 2.27. The molecule has 0 fully saturated rings. The number of fused-ring (bicyclic) bond motifs is 1. The topological polar surface area (TPSA) is 136 Å². The lowest BCUT2D eigenvalue weighted by Crippen LogP contribution is -2.33. The Bertz CT molecular complexity index is 583. The molecule has 2 rings (SSSR count). The Morgan fingerprint density at radius 3 is 2.58 bits per heavy atom. The number of aryl methyl sites for hydroxylation is 1. The zero-order valence-electron chi connectivity index (χ0n) is 10.1. The van der Waals surface area contributed by atoms with Crippen molar-refractivity contribution in [1.82, 2.24) is 19.5 Å². The van der Waals surface area contributed by atoms with Crippen molar-refractivity contribution >= 4 is 22.9 Å². The number of imidazole rings is 1. The van der Waals surface area contributed by atoms with Gasteiger partial charge in [-0.3, -0.25) is 0 Å². The Morgan fingerprint density at radius 2 is 1.95 bits per heavy atom. The third-order valence-electron chi connectivity index (χ3n) is 2.88. The fourth-order valence-corrected chi connectivity index (χ4v) is 1.68. The van der Waals surface area contributed by atoms with Gasteiger partial charge in [0.1, 0.15) is 5.52 Å². The summed E-state index contributed by atoms with van der Waals surface area (Å²) in [6.07, 6.45) is 1.35. The third kappa shape index (κ3) is 2.56. The minimum absolute atomic E-state index is 0.00239. The largest absolute Gasteiger partial charge is 0.393 e. The molecule has 0 aliphatic carbocycles. The number of aromatic nitrogens is 4. The van der Waals surface area contributed by atoms with Gasteiger partial charge in [0, 0.05) is 13.0 Å². The molecule has 0 bridgehead atoms. The maximum Gasteiger partial charge on any atom is 0.224 e. The van der Waals surface area contributed by atoms with Crippen LogP contribution in [0.3, 0.4) is 0 Å². The van der Waals surface area contributed by atoms with E-state index in [-0.39, 0.29) is 24.7 Å². The van der Waals surface area contributed by atoms with Crippen molar-refractivity contribution in [2.45, 2.75) is 18.6 Å². The summed E-state index contributed by atoms with van der Waals surface area (Å²) >= 11 is 0. The standard InChI is InChI=1S/C10H15FN6O2/c11-10(3-18,4-19)1-2-17-5-14-6-7(12)15-9(13)16-8(6)17/h5,18-19H,1-4H2,(H4,12,13,15,16). The highest BCUT2D eigenvalue weighted by molar-refractivity contribution is 5.82. The molecule has 0 radical (unpaired) electrons. The molecule has 19 heavy (non-hydrogen) atoms. The van der Waals surface area contributed by atoms with Crippen LogP contribution in [0.2, 0.25) is 0 Å². The number of nitrogen functional groups attached to an aromatic ring is 2. The molecule has 6 N–H and O–H groups in total.